The number of hydrogen-bond donors (Lipinski definition) is 2. The number of oxazole rings is 1. The van der Waals surface area contributed by atoms with E-state index in [4.69, 9.17) is 8.94 Å². The van der Waals surface area contributed by atoms with Gasteiger partial charge in [-0.3, -0.25) is 0 Å². The van der Waals surface area contributed by atoms with Gasteiger partial charge in [-0.2, -0.15) is 0 Å². The molecule has 2 heterocycles. The van der Waals surface area contributed by atoms with Crippen LogP contribution in [0, 0.1) is 0 Å². The normalized spacial score (nSPS) is 11.8. The predicted molar refractivity (Wildman–Crippen MR) is 113 cm³/mol. The Labute approximate surface area is 171 Å². The van der Waals surface area contributed by atoms with E-state index in [1.807, 2.05) is 43.3 Å². The lowest BCUT2D eigenvalue weighted by Crippen LogP contribution is -2.36. The third-order valence-corrected chi connectivity index (χ3v) is 4.73. The summed E-state index contributed by atoms with van der Waals surface area (Å²) in [5, 5.41) is 10.7. The molecule has 0 atom stereocenters. The van der Waals surface area contributed by atoms with Crippen molar-refractivity contribution in [1.82, 2.24) is 20.8 Å². The molecule has 0 bridgehead atoms. The topological polar surface area (TPSA) is 88.5 Å². The van der Waals surface area contributed by atoms with Gasteiger partial charge in [0.05, 0.1) is 18.8 Å². The Hall–Kier alpha value is -3.09. The Bertz CT molecular complexity index is 897. The molecular formula is C22H29N5O2. The van der Waals surface area contributed by atoms with E-state index in [2.05, 4.69) is 39.6 Å². The standard InChI is InChI=1S/C22H29N5O2/c1-4-16(5-2)20-12-19(29-27-20)14-25-22(23-6-3)24-13-18-15-28-21(26-18)17-10-8-7-9-11-17/h7-12,15-16H,4-6,13-14H2,1-3H3,(H2,23,24,25). The quantitative estimate of drug-likeness (QED) is 0.410. The smallest absolute Gasteiger partial charge is 0.226 e. The third kappa shape index (κ3) is 5.70. The minimum Gasteiger partial charge on any atom is -0.444 e. The Morgan fingerprint density at radius 1 is 1.10 bits per heavy atom. The number of hydrogen-bond acceptors (Lipinski definition) is 5. The van der Waals surface area contributed by atoms with Gasteiger partial charge in [0, 0.05) is 24.1 Å². The maximum Gasteiger partial charge on any atom is 0.226 e. The Morgan fingerprint density at radius 2 is 1.90 bits per heavy atom. The van der Waals surface area contributed by atoms with E-state index in [0.717, 1.165) is 42.1 Å². The van der Waals surface area contributed by atoms with E-state index in [1.54, 1.807) is 6.26 Å². The van der Waals surface area contributed by atoms with Gasteiger partial charge in [-0.1, -0.05) is 37.2 Å². The molecule has 0 amide bonds. The molecule has 0 aliphatic rings. The third-order valence-electron chi connectivity index (χ3n) is 4.73. The number of nitrogens with zero attached hydrogens (tertiary/aromatic N) is 3. The van der Waals surface area contributed by atoms with Crippen molar-refractivity contribution in [1.29, 1.82) is 0 Å². The zero-order chi connectivity index (χ0) is 20.5. The maximum atomic E-state index is 5.57. The highest BCUT2D eigenvalue weighted by Gasteiger charge is 2.13. The summed E-state index contributed by atoms with van der Waals surface area (Å²) in [6.45, 7) is 8.07. The van der Waals surface area contributed by atoms with Crippen molar-refractivity contribution in [3.05, 3.63) is 59.8 Å². The molecule has 3 rings (SSSR count). The van der Waals surface area contributed by atoms with Crippen LogP contribution >= 0.6 is 0 Å². The Morgan fingerprint density at radius 3 is 2.62 bits per heavy atom. The Balaban J connectivity index is 1.60. The summed E-state index contributed by atoms with van der Waals surface area (Å²) in [5.74, 6) is 2.53. The first-order valence-electron chi connectivity index (χ1n) is 10.2. The fourth-order valence-corrected chi connectivity index (χ4v) is 3.08. The molecule has 154 valence electrons. The number of benzene rings is 1. The van der Waals surface area contributed by atoms with E-state index in [1.165, 1.54) is 0 Å². The molecule has 2 aromatic heterocycles. The van der Waals surface area contributed by atoms with Crippen LogP contribution in [0.25, 0.3) is 11.5 Å². The summed E-state index contributed by atoms with van der Waals surface area (Å²) in [7, 11) is 0. The lowest BCUT2D eigenvalue weighted by atomic mass is 9.99. The fraction of sp³-hybridized carbons (Fsp3) is 0.409. The number of aromatic nitrogens is 2. The van der Waals surface area contributed by atoms with E-state index in [-0.39, 0.29) is 0 Å². The Kier molecular flexibility index (Phi) is 7.44. The lowest BCUT2D eigenvalue weighted by molar-refractivity contribution is 0.368. The first-order valence-corrected chi connectivity index (χ1v) is 10.2. The van der Waals surface area contributed by atoms with Crippen molar-refractivity contribution in [3.8, 4) is 11.5 Å². The van der Waals surface area contributed by atoms with Crippen molar-refractivity contribution in [2.75, 3.05) is 6.54 Å². The van der Waals surface area contributed by atoms with E-state index >= 15 is 0 Å². The van der Waals surface area contributed by atoms with E-state index in [9.17, 15) is 0 Å². The number of nitrogens with one attached hydrogen (secondary N) is 2. The molecule has 0 saturated carbocycles. The van der Waals surface area contributed by atoms with Crippen LogP contribution < -0.4 is 10.6 Å². The van der Waals surface area contributed by atoms with Gasteiger partial charge in [0.25, 0.3) is 0 Å². The molecule has 0 spiro atoms. The van der Waals surface area contributed by atoms with Crippen LogP contribution in [0.15, 0.2) is 56.6 Å². The molecule has 0 aliphatic carbocycles. The fourth-order valence-electron chi connectivity index (χ4n) is 3.08. The van der Waals surface area contributed by atoms with Gasteiger partial charge in [0.2, 0.25) is 5.89 Å². The molecule has 1 aromatic carbocycles. The van der Waals surface area contributed by atoms with Gasteiger partial charge in [0.1, 0.15) is 12.0 Å². The molecule has 7 nitrogen and oxygen atoms in total. The van der Waals surface area contributed by atoms with Crippen LogP contribution in [-0.4, -0.2) is 22.6 Å². The van der Waals surface area contributed by atoms with Crippen molar-refractivity contribution < 1.29 is 8.94 Å². The predicted octanol–water partition coefficient (Wildman–Crippen LogP) is 4.49. The minimum atomic E-state index is 0.418. The molecule has 0 aliphatic heterocycles. The molecule has 0 fully saturated rings. The summed E-state index contributed by atoms with van der Waals surface area (Å²) in [4.78, 5) is 9.10. The van der Waals surface area contributed by atoms with Crippen molar-refractivity contribution in [2.24, 2.45) is 4.99 Å². The van der Waals surface area contributed by atoms with Crippen molar-refractivity contribution >= 4 is 5.96 Å². The summed E-state index contributed by atoms with van der Waals surface area (Å²) in [6.07, 6.45) is 3.76. The molecule has 2 N–H and O–H groups in total. The highest BCUT2D eigenvalue weighted by molar-refractivity contribution is 5.79. The SMILES string of the molecule is CCNC(=NCc1coc(-c2ccccc2)n1)NCc1cc(C(CC)CC)no1. The van der Waals surface area contributed by atoms with Crippen LogP contribution in [0.2, 0.25) is 0 Å². The summed E-state index contributed by atoms with van der Waals surface area (Å²) in [6, 6.07) is 11.9. The molecule has 0 saturated heterocycles. The second-order valence-electron chi connectivity index (χ2n) is 6.79. The van der Waals surface area contributed by atoms with Crippen molar-refractivity contribution in [2.45, 2.75) is 52.6 Å². The molecule has 7 heteroatoms. The number of rotatable bonds is 9. The molecule has 29 heavy (non-hydrogen) atoms. The average Bonchev–Trinajstić information content (AvgIpc) is 3.42. The van der Waals surface area contributed by atoms with Crippen LogP contribution in [0.5, 0.6) is 0 Å². The summed E-state index contributed by atoms with van der Waals surface area (Å²) < 4.78 is 11.0. The van der Waals surface area contributed by atoms with Gasteiger partial charge in [0.15, 0.2) is 11.7 Å². The molecule has 0 unspecified atom stereocenters. The maximum absolute atomic E-state index is 5.57. The molecule has 3 aromatic rings. The zero-order valence-electron chi connectivity index (χ0n) is 17.3. The van der Waals surface area contributed by atoms with Crippen LogP contribution in [0.3, 0.4) is 0 Å². The summed E-state index contributed by atoms with van der Waals surface area (Å²) >= 11 is 0. The first kappa shape index (κ1) is 20.6. The monoisotopic (exact) mass is 395 g/mol. The lowest BCUT2D eigenvalue weighted by Gasteiger charge is -2.09. The summed E-state index contributed by atoms with van der Waals surface area (Å²) in [5.41, 5.74) is 2.74. The zero-order valence-corrected chi connectivity index (χ0v) is 17.3. The van der Waals surface area contributed by atoms with Crippen molar-refractivity contribution in [3.63, 3.8) is 0 Å². The van der Waals surface area contributed by atoms with Gasteiger partial charge >= 0.3 is 0 Å². The molecular weight excluding hydrogens is 366 g/mol. The van der Waals surface area contributed by atoms with Crippen LogP contribution in [-0.2, 0) is 13.1 Å². The largest absolute Gasteiger partial charge is 0.444 e. The second kappa shape index (κ2) is 10.5. The van der Waals surface area contributed by atoms with Gasteiger partial charge < -0.3 is 19.6 Å². The minimum absolute atomic E-state index is 0.418. The highest BCUT2D eigenvalue weighted by atomic mass is 16.5. The average molecular weight is 396 g/mol. The van der Waals surface area contributed by atoms with Gasteiger partial charge in [-0.05, 0) is 31.9 Å². The van der Waals surface area contributed by atoms with Crippen LogP contribution in [0.4, 0.5) is 0 Å². The highest BCUT2D eigenvalue weighted by Crippen LogP contribution is 2.22. The van der Waals surface area contributed by atoms with Gasteiger partial charge in [-0.15, -0.1) is 0 Å². The molecule has 0 radical (unpaired) electrons. The van der Waals surface area contributed by atoms with Crippen LogP contribution in [0.1, 0.15) is 56.7 Å². The van der Waals surface area contributed by atoms with Gasteiger partial charge in [-0.25, -0.2) is 9.98 Å². The van der Waals surface area contributed by atoms with E-state index < -0.39 is 0 Å². The van der Waals surface area contributed by atoms with E-state index in [0.29, 0.717) is 30.9 Å². The second-order valence-corrected chi connectivity index (χ2v) is 6.79. The first-order chi connectivity index (χ1) is 14.2. The number of guanidine groups is 1. The number of aliphatic imine (C=N–C) groups is 1.